The predicted octanol–water partition coefficient (Wildman–Crippen LogP) is 1.92. The number of carbonyl (C=O) groups excluding carboxylic acids is 2. The van der Waals surface area contributed by atoms with Crippen LogP contribution in [0.5, 0.6) is 0 Å². The van der Waals surface area contributed by atoms with E-state index in [1.54, 1.807) is 0 Å². The fraction of sp³-hybridized carbons (Fsp3) is 0.412. The number of rotatable bonds is 6. The molecule has 124 valence electrons. The zero-order valence-corrected chi connectivity index (χ0v) is 13.5. The SMILES string of the molecule is COC(=O)/C=C(/Nc1ccc(CN2CCCC2)cc1)C(=O)OC. The summed E-state index contributed by atoms with van der Waals surface area (Å²) in [6, 6.07) is 7.76. The number of benzene rings is 1. The maximum atomic E-state index is 11.7. The molecule has 1 N–H and O–H groups in total. The summed E-state index contributed by atoms with van der Waals surface area (Å²) in [6.07, 6.45) is 3.60. The van der Waals surface area contributed by atoms with Gasteiger partial charge in [0.05, 0.1) is 20.3 Å². The molecule has 1 fully saturated rings. The van der Waals surface area contributed by atoms with Crippen molar-refractivity contribution in [2.75, 3.05) is 32.6 Å². The van der Waals surface area contributed by atoms with Crippen LogP contribution in [-0.2, 0) is 25.6 Å². The molecule has 0 unspecified atom stereocenters. The van der Waals surface area contributed by atoms with E-state index in [1.165, 1.54) is 32.6 Å². The van der Waals surface area contributed by atoms with Crippen molar-refractivity contribution in [2.45, 2.75) is 19.4 Å². The summed E-state index contributed by atoms with van der Waals surface area (Å²) >= 11 is 0. The van der Waals surface area contributed by atoms with Gasteiger partial charge in [0.25, 0.3) is 0 Å². The van der Waals surface area contributed by atoms with Crippen molar-refractivity contribution in [3.8, 4) is 0 Å². The van der Waals surface area contributed by atoms with Crippen LogP contribution in [0.15, 0.2) is 36.0 Å². The second-order valence-corrected chi connectivity index (χ2v) is 5.38. The van der Waals surface area contributed by atoms with E-state index in [9.17, 15) is 9.59 Å². The lowest BCUT2D eigenvalue weighted by molar-refractivity contribution is -0.138. The third-order valence-corrected chi connectivity index (χ3v) is 3.71. The molecule has 6 nitrogen and oxygen atoms in total. The fourth-order valence-corrected chi connectivity index (χ4v) is 2.48. The molecule has 1 aromatic carbocycles. The van der Waals surface area contributed by atoms with Crippen molar-refractivity contribution in [1.29, 1.82) is 0 Å². The summed E-state index contributed by atoms with van der Waals surface area (Å²) in [6.45, 7) is 3.23. The lowest BCUT2D eigenvalue weighted by Gasteiger charge is -2.15. The molecule has 0 aliphatic carbocycles. The van der Waals surface area contributed by atoms with E-state index in [0.29, 0.717) is 5.69 Å². The molecule has 0 amide bonds. The monoisotopic (exact) mass is 318 g/mol. The molecule has 1 saturated heterocycles. The molecule has 0 atom stereocenters. The average Bonchev–Trinajstić information content (AvgIpc) is 3.08. The van der Waals surface area contributed by atoms with Crippen molar-refractivity contribution >= 4 is 17.6 Å². The van der Waals surface area contributed by atoms with Crippen LogP contribution in [0.2, 0.25) is 0 Å². The normalized spacial score (nSPS) is 15.3. The van der Waals surface area contributed by atoms with Crippen LogP contribution in [-0.4, -0.2) is 44.1 Å². The largest absolute Gasteiger partial charge is 0.466 e. The van der Waals surface area contributed by atoms with Crippen LogP contribution in [0.1, 0.15) is 18.4 Å². The second kappa shape index (κ2) is 8.33. The first kappa shape index (κ1) is 17.0. The summed E-state index contributed by atoms with van der Waals surface area (Å²) in [5.74, 6) is -1.25. The summed E-state index contributed by atoms with van der Waals surface area (Å²) < 4.78 is 9.20. The Hall–Kier alpha value is -2.34. The van der Waals surface area contributed by atoms with Crippen molar-refractivity contribution in [2.24, 2.45) is 0 Å². The minimum Gasteiger partial charge on any atom is -0.466 e. The Bertz CT molecular complexity index is 575. The molecule has 0 bridgehead atoms. The number of ether oxygens (including phenoxy) is 2. The van der Waals surface area contributed by atoms with Gasteiger partial charge in [0.2, 0.25) is 0 Å². The Morgan fingerprint density at radius 1 is 1.13 bits per heavy atom. The third kappa shape index (κ3) is 5.10. The van der Waals surface area contributed by atoms with Gasteiger partial charge in [-0.2, -0.15) is 0 Å². The number of nitrogens with one attached hydrogen (secondary N) is 1. The first-order chi connectivity index (χ1) is 11.1. The van der Waals surface area contributed by atoms with Crippen LogP contribution in [0, 0.1) is 0 Å². The number of likely N-dealkylation sites (tertiary alicyclic amines) is 1. The molecule has 23 heavy (non-hydrogen) atoms. The standard InChI is InChI=1S/C17H22N2O4/c1-22-16(20)11-15(17(21)23-2)18-14-7-5-13(6-8-14)12-19-9-3-4-10-19/h5-8,11,18H,3-4,9-10,12H2,1-2H3/b15-11+. The molecule has 0 radical (unpaired) electrons. The van der Waals surface area contributed by atoms with Crippen LogP contribution >= 0.6 is 0 Å². The summed E-state index contributed by atoms with van der Waals surface area (Å²) in [5, 5.41) is 2.89. The molecular formula is C17H22N2O4. The van der Waals surface area contributed by atoms with Crippen molar-refractivity contribution in [1.82, 2.24) is 4.90 Å². The van der Waals surface area contributed by atoms with Gasteiger partial charge in [-0.05, 0) is 43.6 Å². The number of hydrogen-bond donors (Lipinski definition) is 1. The van der Waals surface area contributed by atoms with Crippen molar-refractivity contribution in [3.63, 3.8) is 0 Å². The highest BCUT2D eigenvalue weighted by atomic mass is 16.5. The maximum Gasteiger partial charge on any atom is 0.354 e. The number of nitrogens with zero attached hydrogens (tertiary/aromatic N) is 1. The van der Waals surface area contributed by atoms with Crippen LogP contribution in [0.4, 0.5) is 5.69 Å². The molecule has 0 aromatic heterocycles. The van der Waals surface area contributed by atoms with E-state index in [0.717, 1.165) is 25.7 Å². The molecule has 0 spiro atoms. The van der Waals surface area contributed by atoms with Gasteiger partial charge in [-0.3, -0.25) is 4.90 Å². The number of hydrogen-bond acceptors (Lipinski definition) is 6. The smallest absolute Gasteiger partial charge is 0.354 e. The van der Waals surface area contributed by atoms with Gasteiger partial charge in [-0.15, -0.1) is 0 Å². The predicted molar refractivity (Wildman–Crippen MR) is 86.7 cm³/mol. The van der Waals surface area contributed by atoms with Gasteiger partial charge in [-0.1, -0.05) is 12.1 Å². The molecule has 1 aromatic rings. The fourth-order valence-electron chi connectivity index (χ4n) is 2.48. The van der Waals surface area contributed by atoms with Gasteiger partial charge in [0.15, 0.2) is 0 Å². The maximum absolute atomic E-state index is 11.7. The summed E-state index contributed by atoms with van der Waals surface area (Å²) in [5.41, 5.74) is 1.95. The van der Waals surface area contributed by atoms with Gasteiger partial charge < -0.3 is 14.8 Å². The summed E-state index contributed by atoms with van der Waals surface area (Å²) in [4.78, 5) is 25.4. The Morgan fingerprint density at radius 2 is 1.78 bits per heavy atom. The Kier molecular flexibility index (Phi) is 6.17. The highest BCUT2D eigenvalue weighted by molar-refractivity contribution is 5.98. The van der Waals surface area contributed by atoms with E-state index in [-0.39, 0.29) is 5.70 Å². The van der Waals surface area contributed by atoms with Gasteiger partial charge in [0.1, 0.15) is 5.70 Å². The topological polar surface area (TPSA) is 67.9 Å². The average molecular weight is 318 g/mol. The van der Waals surface area contributed by atoms with E-state index < -0.39 is 11.9 Å². The first-order valence-electron chi connectivity index (χ1n) is 7.58. The first-order valence-corrected chi connectivity index (χ1v) is 7.58. The quantitative estimate of drug-likeness (QED) is 0.638. The zero-order chi connectivity index (χ0) is 16.7. The number of anilines is 1. The molecule has 0 saturated carbocycles. The highest BCUT2D eigenvalue weighted by Crippen LogP contribution is 2.16. The van der Waals surface area contributed by atoms with Crippen LogP contribution < -0.4 is 5.32 Å². The Balaban J connectivity index is 2.03. The lowest BCUT2D eigenvalue weighted by Crippen LogP contribution is -2.18. The number of esters is 2. The van der Waals surface area contributed by atoms with Gasteiger partial charge in [0, 0.05) is 12.2 Å². The Labute approximate surface area is 136 Å². The molecule has 6 heteroatoms. The van der Waals surface area contributed by atoms with E-state index >= 15 is 0 Å². The molecule has 1 aliphatic heterocycles. The minimum atomic E-state index is -0.628. The van der Waals surface area contributed by atoms with Crippen LogP contribution in [0.25, 0.3) is 0 Å². The van der Waals surface area contributed by atoms with Crippen LogP contribution in [0.3, 0.4) is 0 Å². The van der Waals surface area contributed by atoms with E-state index in [1.807, 2.05) is 24.3 Å². The summed E-state index contributed by atoms with van der Waals surface area (Å²) in [7, 11) is 2.51. The van der Waals surface area contributed by atoms with Crippen molar-refractivity contribution < 1.29 is 19.1 Å². The third-order valence-electron chi connectivity index (χ3n) is 3.71. The highest BCUT2D eigenvalue weighted by Gasteiger charge is 2.14. The second-order valence-electron chi connectivity index (χ2n) is 5.38. The molecular weight excluding hydrogens is 296 g/mol. The van der Waals surface area contributed by atoms with E-state index in [4.69, 9.17) is 0 Å². The lowest BCUT2D eigenvalue weighted by atomic mass is 10.2. The number of methoxy groups -OCH3 is 2. The molecule has 2 rings (SSSR count). The Morgan fingerprint density at radius 3 is 2.35 bits per heavy atom. The molecule has 1 heterocycles. The van der Waals surface area contributed by atoms with Crippen molar-refractivity contribution in [3.05, 3.63) is 41.6 Å². The van der Waals surface area contributed by atoms with Gasteiger partial charge in [-0.25, -0.2) is 9.59 Å². The van der Waals surface area contributed by atoms with Gasteiger partial charge >= 0.3 is 11.9 Å². The number of carbonyl (C=O) groups is 2. The zero-order valence-electron chi connectivity index (χ0n) is 13.5. The molecule has 1 aliphatic rings. The van der Waals surface area contributed by atoms with E-state index in [2.05, 4.69) is 19.7 Å². The minimum absolute atomic E-state index is 0.0339.